The van der Waals surface area contributed by atoms with Gasteiger partial charge in [0.2, 0.25) is 0 Å². The Morgan fingerprint density at radius 1 is 1.36 bits per heavy atom. The highest BCUT2D eigenvalue weighted by atomic mass is 32.1. The lowest BCUT2D eigenvalue weighted by Gasteiger charge is -2.26. The van der Waals surface area contributed by atoms with E-state index in [2.05, 4.69) is 5.32 Å². The number of rotatable bonds is 5. The van der Waals surface area contributed by atoms with Crippen molar-refractivity contribution in [3.05, 3.63) is 46.6 Å². The Balaban J connectivity index is 1.82. The summed E-state index contributed by atoms with van der Waals surface area (Å²) in [6, 6.07) is 7.88. The summed E-state index contributed by atoms with van der Waals surface area (Å²) < 4.78 is 18.4. The number of nitrogens with one attached hydrogen (secondary N) is 1. The fourth-order valence-electron chi connectivity index (χ4n) is 2.96. The van der Waals surface area contributed by atoms with Crippen LogP contribution >= 0.6 is 11.3 Å². The third-order valence-corrected chi connectivity index (χ3v) is 5.50. The molecule has 1 aromatic heterocycles. The molecule has 132 valence electrons. The molecule has 0 bridgehead atoms. The SMILES string of the molecule is Cc1cc(C(=O)NC2(CC(=O)O)CCOC2)sc1-c1ccc(F)cc1. The number of carboxylic acids is 1. The van der Waals surface area contributed by atoms with E-state index >= 15 is 0 Å². The summed E-state index contributed by atoms with van der Waals surface area (Å²) in [6.07, 6.45) is 0.300. The number of hydrogen-bond donors (Lipinski definition) is 2. The molecule has 0 aliphatic carbocycles. The first kappa shape index (κ1) is 17.6. The Labute approximate surface area is 148 Å². The molecule has 1 saturated heterocycles. The van der Waals surface area contributed by atoms with Crippen molar-refractivity contribution < 1.29 is 23.8 Å². The quantitative estimate of drug-likeness (QED) is 0.855. The van der Waals surface area contributed by atoms with Crippen molar-refractivity contribution in [2.24, 2.45) is 0 Å². The van der Waals surface area contributed by atoms with Crippen LogP contribution in [0.1, 0.15) is 28.1 Å². The average molecular weight is 363 g/mol. The molecule has 2 aromatic rings. The normalized spacial score (nSPS) is 19.8. The van der Waals surface area contributed by atoms with Crippen LogP contribution in [0.15, 0.2) is 30.3 Å². The van der Waals surface area contributed by atoms with Crippen molar-refractivity contribution in [3.63, 3.8) is 0 Å². The van der Waals surface area contributed by atoms with Gasteiger partial charge in [-0.05, 0) is 42.7 Å². The topological polar surface area (TPSA) is 75.6 Å². The molecule has 1 aliphatic heterocycles. The van der Waals surface area contributed by atoms with E-state index in [1.807, 2.05) is 6.92 Å². The van der Waals surface area contributed by atoms with E-state index in [9.17, 15) is 14.0 Å². The highest BCUT2D eigenvalue weighted by Crippen LogP contribution is 2.33. The summed E-state index contributed by atoms with van der Waals surface area (Å²) in [6.45, 7) is 2.51. The molecule has 7 heteroatoms. The van der Waals surface area contributed by atoms with Crippen LogP contribution in [0.5, 0.6) is 0 Å². The third-order valence-electron chi connectivity index (χ3n) is 4.22. The molecule has 2 heterocycles. The summed E-state index contributed by atoms with van der Waals surface area (Å²) in [5.41, 5.74) is 0.890. The van der Waals surface area contributed by atoms with Crippen molar-refractivity contribution in [2.45, 2.75) is 25.3 Å². The maximum absolute atomic E-state index is 13.1. The minimum absolute atomic E-state index is 0.173. The number of aryl methyl sites for hydroxylation is 1. The van der Waals surface area contributed by atoms with Crippen LogP contribution in [-0.2, 0) is 9.53 Å². The van der Waals surface area contributed by atoms with Crippen molar-refractivity contribution in [3.8, 4) is 10.4 Å². The monoisotopic (exact) mass is 363 g/mol. The molecule has 5 nitrogen and oxygen atoms in total. The van der Waals surface area contributed by atoms with Crippen molar-refractivity contribution in [1.82, 2.24) is 5.32 Å². The van der Waals surface area contributed by atoms with Crippen molar-refractivity contribution in [1.29, 1.82) is 0 Å². The van der Waals surface area contributed by atoms with E-state index in [-0.39, 0.29) is 24.8 Å². The summed E-state index contributed by atoms with van der Waals surface area (Å²) in [5.74, 6) is -1.60. The van der Waals surface area contributed by atoms with Gasteiger partial charge in [-0.15, -0.1) is 11.3 Å². The van der Waals surface area contributed by atoms with Crippen molar-refractivity contribution in [2.75, 3.05) is 13.2 Å². The number of ether oxygens (including phenoxy) is 1. The second-order valence-corrected chi connectivity index (χ2v) is 7.29. The van der Waals surface area contributed by atoms with Crippen LogP contribution in [0, 0.1) is 12.7 Å². The van der Waals surface area contributed by atoms with E-state index in [4.69, 9.17) is 9.84 Å². The van der Waals surface area contributed by atoms with E-state index in [1.54, 1.807) is 18.2 Å². The lowest BCUT2D eigenvalue weighted by molar-refractivity contribution is -0.138. The molecular weight excluding hydrogens is 345 g/mol. The fraction of sp³-hybridized carbons (Fsp3) is 0.333. The van der Waals surface area contributed by atoms with Gasteiger partial charge in [-0.3, -0.25) is 9.59 Å². The van der Waals surface area contributed by atoms with Gasteiger partial charge in [-0.2, -0.15) is 0 Å². The molecule has 1 unspecified atom stereocenters. The molecule has 1 fully saturated rings. The van der Waals surface area contributed by atoms with Gasteiger partial charge in [0.1, 0.15) is 5.82 Å². The molecule has 1 amide bonds. The van der Waals surface area contributed by atoms with Gasteiger partial charge < -0.3 is 15.2 Å². The van der Waals surface area contributed by atoms with Crippen molar-refractivity contribution >= 4 is 23.2 Å². The fourth-order valence-corrected chi connectivity index (χ4v) is 4.04. The maximum Gasteiger partial charge on any atom is 0.305 e. The molecule has 1 aromatic carbocycles. The van der Waals surface area contributed by atoms with Gasteiger partial charge >= 0.3 is 5.97 Å². The van der Waals surface area contributed by atoms with Crippen LogP contribution in [0.3, 0.4) is 0 Å². The summed E-state index contributed by atoms with van der Waals surface area (Å²) in [5, 5.41) is 12.0. The van der Waals surface area contributed by atoms with Gasteiger partial charge in [-0.25, -0.2) is 4.39 Å². The van der Waals surface area contributed by atoms with Crippen LogP contribution < -0.4 is 5.32 Å². The third kappa shape index (κ3) is 3.88. The van der Waals surface area contributed by atoms with E-state index < -0.39 is 11.5 Å². The summed E-state index contributed by atoms with van der Waals surface area (Å²) in [4.78, 5) is 25.1. The Bertz CT molecular complexity index is 794. The van der Waals surface area contributed by atoms with Crippen LogP contribution in [0.25, 0.3) is 10.4 Å². The average Bonchev–Trinajstić information content (AvgIpc) is 3.14. The lowest BCUT2D eigenvalue weighted by atomic mass is 9.94. The van der Waals surface area contributed by atoms with Gasteiger partial charge in [0, 0.05) is 11.5 Å². The second-order valence-electron chi connectivity index (χ2n) is 6.24. The van der Waals surface area contributed by atoms with Gasteiger partial charge in [0.15, 0.2) is 0 Å². The first-order valence-electron chi connectivity index (χ1n) is 7.87. The Morgan fingerprint density at radius 3 is 2.68 bits per heavy atom. The largest absolute Gasteiger partial charge is 0.481 e. The number of benzene rings is 1. The van der Waals surface area contributed by atoms with E-state index in [0.29, 0.717) is 17.9 Å². The minimum atomic E-state index is -0.972. The number of carbonyl (C=O) groups is 2. The molecular formula is C18H18FNO4S. The number of hydrogen-bond acceptors (Lipinski definition) is 4. The Morgan fingerprint density at radius 2 is 2.08 bits per heavy atom. The first-order chi connectivity index (χ1) is 11.9. The molecule has 1 atom stereocenters. The molecule has 0 radical (unpaired) electrons. The van der Waals surface area contributed by atoms with Gasteiger partial charge in [-0.1, -0.05) is 12.1 Å². The van der Waals surface area contributed by atoms with E-state index in [1.165, 1.54) is 23.5 Å². The lowest BCUT2D eigenvalue weighted by Crippen LogP contribution is -2.50. The molecule has 3 rings (SSSR count). The minimum Gasteiger partial charge on any atom is -0.481 e. The molecule has 25 heavy (non-hydrogen) atoms. The number of thiophene rings is 1. The number of carbonyl (C=O) groups excluding carboxylic acids is 1. The molecule has 0 saturated carbocycles. The molecule has 1 aliphatic rings. The predicted octanol–water partition coefficient (Wildman–Crippen LogP) is 3.23. The zero-order chi connectivity index (χ0) is 18.0. The number of halogens is 1. The molecule has 2 N–H and O–H groups in total. The maximum atomic E-state index is 13.1. The Hall–Kier alpha value is -2.25. The molecule has 0 spiro atoms. The predicted molar refractivity (Wildman–Crippen MR) is 92.3 cm³/mol. The number of aliphatic carboxylic acids is 1. The zero-order valence-corrected chi connectivity index (χ0v) is 14.5. The first-order valence-corrected chi connectivity index (χ1v) is 8.69. The summed E-state index contributed by atoms with van der Waals surface area (Å²) >= 11 is 1.30. The number of amides is 1. The van der Waals surface area contributed by atoms with E-state index in [0.717, 1.165) is 16.0 Å². The van der Waals surface area contributed by atoms with Crippen LogP contribution in [0.2, 0.25) is 0 Å². The second kappa shape index (κ2) is 6.93. The van der Waals surface area contributed by atoms with Crippen LogP contribution in [-0.4, -0.2) is 35.7 Å². The standard InChI is InChI=1S/C18H18FNO4S/c1-11-8-14(25-16(11)12-2-4-13(19)5-3-12)17(23)20-18(9-15(21)22)6-7-24-10-18/h2-5,8H,6-7,9-10H2,1H3,(H,20,23)(H,21,22). The summed E-state index contributed by atoms with van der Waals surface area (Å²) in [7, 11) is 0. The highest BCUT2D eigenvalue weighted by molar-refractivity contribution is 7.17. The van der Waals surface area contributed by atoms with Gasteiger partial charge in [0.05, 0.1) is 23.4 Å². The number of carboxylic acid groups (broad SMARTS) is 1. The smallest absolute Gasteiger partial charge is 0.305 e. The van der Waals surface area contributed by atoms with Gasteiger partial charge in [0.25, 0.3) is 5.91 Å². The highest BCUT2D eigenvalue weighted by Gasteiger charge is 2.39. The Kier molecular flexibility index (Phi) is 4.87. The van der Waals surface area contributed by atoms with Crippen LogP contribution in [0.4, 0.5) is 4.39 Å². The zero-order valence-electron chi connectivity index (χ0n) is 13.7.